The molecule has 0 saturated carbocycles. The number of furan rings is 3. The van der Waals surface area contributed by atoms with Gasteiger partial charge in [-0.2, -0.15) is 0 Å². The molecule has 3 nitrogen and oxygen atoms in total. The van der Waals surface area contributed by atoms with E-state index in [2.05, 4.69) is 370 Å². The van der Waals surface area contributed by atoms with E-state index in [1.807, 2.05) is 6.07 Å². The van der Waals surface area contributed by atoms with Gasteiger partial charge in [-0.3, -0.25) is 0 Å². The first-order chi connectivity index (χ1) is 55.1. The minimum atomic E-state index is 0.830. The molecule has 3 heteroatoms. The van der Waals surface area contributed by atoms with E-state index in [1.165, 1.54) is 125 Å². The second kappa shape index (κ2) is 23.9. The van der Waals surface area contributed by atoms with Crippen LogP contribution in [0.1, 0.15) is 0 Å². The highest BCUT2D eigenvalue weighted by Gasteiger charge is 2.28. The van der Waals surface area contributed by atoms with Gasteiger partial charge in [0.05, 0.1) is 0 Å². The molecule has 0 spiro atoms. The largest absolute Gasteiger partial charge is 0.456 e. The Morgan fingerprint density at radius 2 is 0.541 bits per heavy atom. The zero-order chi connectivity index (χ0) is 72.5. The second-order valence-electron chi connectivity index (χ2n) is 29.8. The zero-order valence-electron chi connectivity index (χ0n) is 60.0. The standard InChI is InChI=1S/C108H62O3/c1-2-24-64(25-3-1)71-43-23-49-98-106(71)93-58-67(53-56-96(93)109-98)100-79-35-10-14-39-83(79)104(84-40-15-11-36-80(84)100)77-33-8-6-30-73(77)75-55-52-66-51-50-65-28-21-45-87-90(62-92(75)103(66)102(65)87)69-60-91(72-44-20-27-63-26-4-5-29-70(63)72)107-94-59-68(54-57-97(94)110-99(107)61-69)101-81-37-12-16-41-85(81)105(86-42-17-13-38-82(86)101)78-34-9-7-31-74(78)88-46-22-47-89-76-32-18-19-48-95(76)111-108(88)89/h1-62H. The van der Waals surface area contributed by atoms with Gasteiger partial charge in [-0.15, -0.1) is 0 Å². The van der Waals surface area contributed by atoms with E-state index in [0.29, 0.717) is 0 Å². The van der Waals surface area contributed by atoms with Crippen molar-refractivity contribution in [1.82, 2.24) is 0 Å². The Labute approximate surface area is 637 Å². The summed E-state index contributed by atoms with van der Waals surface area (Å²) in [5, 5.41) is 25.7. The Hall–Kier alpha value is -14.6. The van der Waals surface area contributed by atoms with E-state index in [4.69, 9.17) is 13.3 Å². The first-order valence-corrected chi connectivity index (χ1v) is 38.3. The molecular formula is C108H62O3. The number of hydrogen-bond donors (Lipinski definition) is 0. The maximum atomic E-state index is 7.39. The highest BCUT2D eigenvalue weighted by atomic mass is 16.3. The molecular weight excluding hydrogens is 1350 g/mol. The molecule has 0 aliphatic rings. The van der Waals surface area contributed by atoms with Gasteiger partial charge in [0.25, 0.3) is 0 Å². The van der Waals surface area contributed by atoms with E-state index < -0.39 is 0 Å². The molecule has 0 saturated heterocycles. The molecule has 21 aromatic carbocycles. The number of para-hydroxylation sites is 2. The molecule has 0 fully saturated rings. The summed E-state index contributed by atoms with van der Waals surface area (Å²) >= 11 is 0. The predicted octanol–water partition coefficient (Wildman–Crippen LogP) is 31.1. The lowest BCUT2D eigenvalue weighted by molar-refractivity contribution is 0.668. The van der Waals surface area contributed by atoms with Crippen molar-refractivity contribution in [2.45, 2.75) is 0 Å². The zero-order valence-corrected chi connectivity index (χ0v) is 60.0. The molecule has 0 amide bonds. The molecule has 0 atom stereocenters. The van der Waals surface area contributed by atoms with Crippen molar-refractivity contribution in [1.29, 1.82) is 0 Å². The molecule has 512 valence electrons. The summed E-state index contributed by atoms with van der Waals surface area (Å²) in [6.07, 6.45) is 0. The third kappa shape index (κ3) is 9.15. The van der Waals surface area contributed by atoms with E-state index in [9.17, 15) is 0 Å². The van der Waals surface area contributed by atoms with Crippen molar-refractivity contribution in [2.75, 3.05) is 0 Å². The van der Waals surface area contributed by atoms with E-state index >= 15 is 0 Å². The second-order valence-corrected chi connectivity index (χ2v) is 29.8. The average Bonchev–Trinajstić information content (AvgIpc) is 1.49. The molecule has 0 aliphatic carbocycles. The topological polar surface area (TPSA) is 39.4 Å². The van der Waals surface area contributed by atoms with Crippen LogP contribution in [0.5, 0.6) is 0 Å². The quantitative estimate of drug-likeness (QED) is 0.107. The maximum absolute atomic E-state index is 7.39. The third-order valence-electron chi connectivity index (χ3n) is 24.0. The number of benzene rings is 21. The van der Waals surface area contributed by atoms with Crippen molar-refractivity contribution in [3.63, 3.8) is 0 Å². The van der Waals surface area contributed by atoms with Gasteiger partial charge in [-0.1, -0.05) is 322 Å². The van der Waals surface area contributed by atoms with Crippen LogP contribution in [0, 0.1) is 0 Å². The summed E-state index contributed by atoms with van der Waals surface area (Å²) in [6, 6.07) is 139. The number of fused-ring (bicyclic) bond motifs is 14. The first kappa shape index (κ1) is 61.5. The van der Waals surface area contributed by atoms with Crippen molar-refractivity contribution >= 4 is 152 Å². The van der Waals surface area contributed by atoms with Crippen LogP contribution in [0.25, 0.3) is 252 Å². The van der Waals surface area contributed by atoms with Crippen LogP contribution in [0.4, 0.5) is 0 Å². The van der Waals surface area contributed by atoms with Crippen LogP contribution in [0.3, 0.4) is 0 Å². The molecule has 0 unspecified atom stereocenters. The lowest BCUT2D eigenvalue weighted by Gasteiger charge is -2.21. The van der Waals surface area contributed by atoms with E-state index in [0.717, 1.165) is 127 Å². The molecule has 24 rings (SSSR count). The van der Waals surface area contributed by atoms with Gasteiger partial charge in [0, 0.05) is 37.9 Å². The molecule has 0 N–H and O–H groups in total. The molecule has 0 radical (unpaired) electrons. The molecule has 0 bridgehead atoms. The normalized spacial score (nSPS) is 12.1. The fourth-order valence-electron chi connectivity index (χ4n) is 19.3. The average molecular weight is 1410 g/mol. The van der Waals surface area contributed by atoms with Crippen LogP contribution in [0.15, 0.2) is 389 Å². The van der Waals surface area contributed by atoms with Gasteiger partial charge < -0.3 is 13.3 Å². The lowest BCUT2D eigenvalue weighted by atomic mass is 9.81. The Bertz CT molecular complexity index is 7960. The Kier molecular flexibility index (Phi) is 13.3. The summed E-state index contributed by atoms with van der Waals surface area (Å²) in [5.74, 6) is 0. The third-order valence-corrected chi connectivity index (χ3v) is 24.0. The van der Waals surface area contributed by atoms with E-state index in [-0.39, 0.29) is 0 Å². The monoisotopic (exact) mass is 1410 g/mol. The summed E-state index contributed by atoms with van der Waals surface area (Å²) in [6.45, 7) is 0. The Balaban J connectivity index is 0.704. The number of hydrogen-bond acceptors (Lipinski definition) is 3. The maximum Gasteiger partial charge on any atom is 0.143 e. The fourth-order valence-corrected chi connectivity index (χ4v) is 19.3. The molecule has 3 heterocycles. The summed E-state index contributed by atoms with van der Waals surface area (Å²) < 4.78 is 20.8. The first-order valence-electron chi connectivity index (χ1n) is 38.3. The lowest BCUT2D eigenvalue weighted by Crippen LogP contribution is -1.94. The van der Waals surface area contributed by atoms with Gasteiger partial charge in [0.2, 0.25) is 0 Å². The number of rotatable bonds is 9. The van der Waals surface area contributed by atoms with Crippen LogP contribution < -0.4 is 0 Å². The molecule has 24 aromatic rings. The molecule has 3 aromatic heterocycles. The van der Waals surface area contributed by atoms with Crippen molar-refractivity contribution in [2.24, 2.45) is 0 Å². The van der Waals surface area contributed by atoms with Gasteiger partial charge in [0.15, 0.2) is 0 Å². The Morgan fingerprint density at radius 1 is 0.135 bits per heavy atom. The summed E-state index contributed by atoms with van der Waals surface area (Å²) in [7, 11) is 0. The van der Waals surface area contributed by atoms with Crippen LogP contribution in [0.2, 0.25) is 0 Å². The van der Waals surface area contributed by atoms with Crippen LogP contribution in [-0.4, -0.2) is 0 Å². The molecule has 0 aliphatic heterocycles. The van der Waals surface area contributed by atoms with Gasteiger partial charge in [0.1, 0.15) is 33.5 Å². The van der Waals surface area contributed by atoms with Crippen LogP contribution >= 0.6 is 0 Å². The Morgan fingerprint density at radius 3 is 1.19 bits per heavy atom. The van der Waals surface area contributed by atoms with E-state index in [1.54, 1.807) is 0 Å². The van der Waals surface area contributed by atoms with Crippen molar-refractivity contribution in [3.05, 3.63) is 376 Å². The minimum Gasteiger partial charge on any atom is -0.456 e. The SMILES string of the molecule is c1ccc(-c2cccc3oc4ccc(-c5c6ccccc6c(-c6ccccc6-c6ccc7ccc8cccc9c(-c%10cc(-c%11cccc%12ccccc%11%12)c%11c(c%10)oc%10ccc(-c%12c%13ccccc%13c(-c%13ccccc%13-c%13cccc%14c%13oc%13ccccc%13%14)c%13ccccc%12%13)cc%10%11)cc6c7c89)c6ccccc56)cc4c23)cc1. The highest BCUT2D eigenvalue weighted by molar-refractivity contribution is 6.32. The fraction of sp³-hybridized carbons (Fsp3) is 0. The van der Waals surface area contributed by atoms with Crippen molar-refractivity contribution in [3.8, 4) is 100 Å². The minimum absolute atomic E-state index is 0.830. The summed E-state index contributed by atoms with van der Waals surface area (Å²) in [4.78, 5) is 0. The van der Waals surface area contributed by atoms with Gasteiger partial charge in [-0.05, 0) is 235 Å². The van der Waals surface area contributed by atoms with Crippen LogP contribution in [-0.2, 0) is 0 Å². The van der Waals surface area contributed by atoms with Crippen molar-refractivity contribution < 1.29 is 13.3 Å². The predicted molar refractivity (Wildman–Crippen MR) is 468 cm³/mol. The smallest absolute Gasteiger partial charge is 0.143 e. The highest BCUT2D eigenvalue weighted by Crippen LogP contribution is 2.54. The van der Waals surface area contributed by atoms with Gasteiger partial charge in [-0.25, -0.2) is 0 Å². The molecule has 111 heavy (non-hydrogen) atoms. The van der Waals surface area contributed by atoms with Gasteiger partial charge >= 0.3 is 0 Å². The summed E-state index contributed by atoms with van der Waals surface area (Å²) in [5.41, 5.74) is 25.9.